The lowest BCUT2D eigenvalue weighted by atomic mass is 9.85. The van der Waals surface area contributed by atoms with Gasteiger partial charge in [-0.2, -0.15) is 0 Å². The Labute approximate surface area is 126 Å². The predicted molar refractivity (Wildman–Crippen MR) is 86.2 cm³/mol. The molecule has 1 aromatic rings. The van der Waals surface area contributed by atoms with Gasteiger partial charge in [0.2, 0.25) is 5.91 Å². The molecule has 4 nitrogen and oxygen atoms in total. The van der Waals surface area contributed by atoms with Crippen molar-refractivity contribution in [2.75, 3.05) is 30.8 Å². The maximum atomic E-state index is 12.5. The van der Waals surface area contributed by atoms with E-state index in [4.69, 9.17) is 5.73 Å². The van der Waals surface area contributed by atoms with Gasteiger partial charge in [-0.3, -0.25) is 9.69 Å². The number of benzene rings is 1. The van der Waals surface area contributed by atoms with E-state index in [1.807, 2.05) is 31.3 Å². The van der Waals surface area contributed by atoms with E-state index >= 15 is 0 Å². The van der Waals surface area contributed by atoms with E-state index in [0.29, 0.717) is 12.6 Å². The van der Waals surface area contributed by atoms with Crippen LogP contribution in [0.3, 0.4) is 0 Å². The lowest BCUT2D eigenvalue weighted by molar-refractivity contribution is -0.119. The minimum Gasteiger partial charge on any atom is -0.399 e. The molecule has 1 saturated heterocycles. The van der Waals surface area contributed by atoms with Crippen LogP contribution in [0.4, 0.5) is 11.4 Å². The van der Waals surface area contributed by atoms with Crippen LogP contribution in [0.1, 0.15) is 32.1 Å². The van der Waals surface area contributed by atoms with Crippen LogP contribution in [0.25, 0.3) is 0 Å². The number of carbonyl (C=O) groups excluding carboxylic acids is 1. The van der Waals surface area contributed by atoms with Gasteiger partial charge in [0, 0.05) is 24.5 Å². The van der Waals surface area contributed by atoms with E-state index in [9.17, 15) is 4.79 Å². The van der Waals surface area contributed by atoms with Gasteiger partial charge in [-0.25, -0.2) is 0 Å². The molecule has 1 heterocycles. The standard InChI is InChI=1S/C17H25N3O/c1-19(15-8-6-14(18)7-9-15)17(21)12-20-11-10-13-4-2-3-5-16(13)20/h6-9,13,16H,2-5,10-12,18H2,1H3. The first kappa shape index (κ1) is 14.4. The number of likely N-dealkylation sites (N-methyl/N-ethyl adjacent to an activating group) is 1. The number of nitrogen functional groups attached to an aromatic ring is 1. The fraction of sp³-hybridized carbons (Fsp3) is 0.588. The number of carbonyl (C=O) groups is 1. The van der Waals surface area contributed by atoms with Crippen LogP contribution in [0, 0.1) is 5.92 Å². The zero-order chi connectivity index (χ0) is 14.8. The highest BCUT2D eigenvalue weighted by Gasteiger charge is 2.36. The van der Waals surface area contributed by atoms with Crippen molar-refractivity contribution >= 4 is 17.3 Å². The van der Waals surface area contributed by atoms with E-state index < -0.39 is 0 Å². The highest BCUT2D eigenvalue weighted by Crippen LogP contribution is 2.36. The summed E-state index contributed by atoms with van der Waals surface area (Å²) in [6.45, 7) is 1.62. The van der Waals surface area contributed by atoms with Crippen LogP contribution >= 0.6 is 0 Å². The zero-order valence-corrected chi connectivity index (χ0v) is 12.8. The molecule has 21 heavy (non-hydrogen) atoms. The molecule has 0 radical (unpaired) electrons. The molecule has 3 rings (SSSR count). The van der Waals surface area contributed by atoms with Crippen molar-refractivity contribution in [1.82, 2.24) is 4.90 Å². The molecular weight excluding hydrogens is 262 g/mol. The molecule has 114 valence electrons. The monoisotopic (exact) mass is 287 g/mol. The topological polar surface area (TPSA) is 49.6 Å². The molecular formula is C17H25N3O. The molecule has 1 aliphatic carbocycles. The minimum atomic E-state index is 0.172. The second-order valence-corrected chi connectivity index (χ2v) is 6.42. The van der Waals surface area contributed by atoms with Crippen molar-refractivity contribution in [2.45, 2.75) is 38.1 Å². The number of likely N-dealkylation sites (tertiary alicyclic amines) is 1. The van der Waals surface area contributed by atoms with Gasteiger partial charge < -0.3 is 10.6 Å². The quantitative estimate of drug-likeness (QED) is 0.869. The molecule has 2 atom stereocenters. The van der Waals surface area contributed by atoms with Gasteiger partial charge in [-0.1, -0.05) is 12.8 Å². The number of amides is 1. The highest BCUT2D eigenvalue weighted by atomic mass is 16.2. The summed E-state index contributed by atoms with van der Waals surface area (Å²) in [6.07, 6.45) is 6.57. The molecule has 0 bridgehead atoms. The lowest BCUT2D eigenvalue weighted by Crippen LogP contribution is -2.42. The second kappa shape index (κ2) is 6.06. The Bertz CT molecular complexity index is 499. The van der Waals surface area contributed by atoms with Crippen LogP contribution in [0.15, 0.2) is 24.3 Å². The smallest absolute Gasteiger partial charge is 0.240 e. The van der Waals surface area contributed by atoms with Gasteiger partial charge in [0.05, 0.1) is 6.54 Å². The maximum Gasteiger partial charge on any atom is 0.240 e. The predicted octanol–water partition coefficient (Wildman–Crippen LogP) is 2.50. The van der Waals surface area contributed by atoms with Crippen LogP contribution in [0.5, 0.6) is 0 Å². The van der Waals surface area contributed by atoms with Crippen LogP contribution in [-0.2, 0) is 4.79 Å². The van der Waals surface area contributed by atoms with Gasteiger partial charge in [-0.15, -0.1) is 0 Å². The van der Waals surface area contributed by atoms with E-state index in [-0.39, 0.29) is 5.91 Å². The maximum absolute atomic E-state index is 12.5. The summed E-state index contributed by atoms with van der Waals surface area (Å²) in [6, 6.07) is 8.13. The molecule has 2 unspecified atom stereocenters. The Balaban J connectivity index is 1.62. The third kappa shape index (κ3) is 3.05. The summed E-state index contributed by atoms with van der Waals surface area (Å²) < 4.78 is 0. The number of nitrogens with zero attached hydrogens (tertiary/aromatic N) is 2. The number of hydrogen-bond donors (Lipinski definition) is 1. The second-order valence-electron chi connectivity index (χ2n) is 6.42. The van der Waals surface area contributed by atoms with Crippen LogP contribution in [0.2, 0.25) is 0 Å². The van der Waals surface area contributed by atoms with E-state index in [1.165, 1.54) is 32.1 Å². The van der Waals surface area contributed by atoms with Crippen molar-refractivity contribution in [3.63, 3.8) is 0 Å². The van der Waals surface area contributed by atoms with Gasteiger partial charge in [0.1, 0.15) is 0 Å². The average Bonchev–Trinajstić information content (AvgIpc) is 2.91. The Morgan fingerprint density at radius 1 is 1.24 bits per heavy atom. The van der Waals surface area contributed by atoms with Crippen LogP contribution in [-0.4, -0.2) is 37.0 Å². The summed E-state index contributed by atoms with van der Waals surface area (Å²) in [5.41, 5.74) is 7.33. The average molecular weight is 287 g/mol. The molecule has 0 spiro atoms. The zero-order valence-electron chi connectivity index (χ0n) is 12.8. The molecule has 1 saturated carbocycles. The fourth-order valence-corrected chi connectivity index (χ4v) is 3.82. The first-order valence-electron chi connectivity index (χ1n) is 8.01. The van der Waals surface area contributed by atoms with Gasteiger partial charge >= 0.3 is 0 Å². The first-order valence-corrected chi connectivity index (χ1v) is 8.01. The largest absolute Gasteiger partial charge is 0.399 e. The van der Waals surface area contributed by atoms with Gasteiger partial charge in [0.15, 0.2) is 0 Å². The fourth-order valence-electron chi connectivity index (χ4n) is 3.82. The summed E-state index contributed by atoms with van der Waals surface area (Å²) in [5, 5.41) is 0. The first-order chi connectivity index (χ1) is 10.1. The van der Waals surface area contributed by atoms with Crippen molar-refractivity contribution in [1.29, 1.82) is 0 Å². The van der Waals surface area contributed by atoms with Gasteiger partial charge in [0.25, 0.3) is 0 Å². The molecule has 1 aromatic carbocycles. The normalized spacial score (nSPS) is 25.6. The van der Waals surface area contributed by atoms with Gasteiger partial charge in [-0.05, 0) is 56.0 Å². The van der Waals surface area contributed by atoms with E-state index in [2.05, 4.69) is 4.90 Å². The Kier molecular flexibility index (Phi) is 4.15. The lowest BCUT2D eigenvalue weighted by Gasteiger charge is -2.32. The van der Waals surface area contributed by atoms with Crippen LogP contribution < -0.4 is 10.6 Å². The summed E-state index contributed by atoms with van der Waals surface area (Å²) in [4.78, 5) is 16.7. The third-order valence-corrected chi connectivity index (χ3v) is 5.12. The molecule has 2 fully saturated rings. The van der Waals surface area contributed by atoms with E-state index in [1.54, 1.807) is 4.90 Å². The summed E-state index contributed by atoms with van der Waals surface area (Å²) in [5.74, 6) is 0.999. The number of rotatable bonds is 3. The molecule has 2 N–H and O–H groups in total. The Hall–Kier alpha value is -1.55. The van der Waals surface area contributed by atoms with Crippen molar-refractivity contribution < 1.29 is 4.79 Å². The number of anilines is 2. The Morgan fingerprint density at radius 3 is 2.71 bits per heavy atom. The number of hydrogen-bond acceptors (Lipinski definition) is 3. The third-order valence-electron chi connectivity index (χ3n) is 5.12. The van der Waals surface area contributed by atoms with Crippen molar-refractivity contribution in [2.24, 2.45) is 5.92 Å². The SMILES string of the molecule is CN(C(=O)CN1CCC2CCCCC21)c1ccc(N)cc1. The Morgan fingerprint density at radius 2 is 1.95 bits per heavy atom. The molecule has 0 aromatic heterocycles. The number of nitrogens with two attached hydrogens (primary N) is 1. The highest BCUT2D eigenvalue weighted by molar-refractivity contribution is 5.94. The molecule has 1 amide bonds. The molecule has 1 aliphatic heterocycles. The minimum absolute atomic E-state index is 0.172. The summed E-state index contributed by atoms with van der Waals surface area (Å²) >= 11 is 0. The van der Waals surface area contributed by atoms with Crippen molar-refractivity contribution in [3.05, 3.63) is 24.3 Å². The van der Waals surface area contributed by atoms with E-state index in [0.717, 1.165) is 23.8 Å². The molecule has 2 aliphatic rings. The molecule has 4 heteroatoms. The van der Waals surface area contributed by atoms with Crippen molar-refractivity contribution in [3.8, 4) is 0 Å². The number of fused-ring (bicyclic) bond motifs is 1. The summed E-state index contributed by atoms with van der Waals surface area (Å²) in [7, 11) is 1.85.